The standard InChI is InChI=1S/C9H12N2O2S/c1-7-3-5-10-9(11-7)14-6-4-8(12)13-2/h3,5H,4,6H2,1-2H3. The number of hydrogen-bond donors (Lipinski definition) is 0. The first-order chi connectivity index (χ1) is 6.72. The second-order valence-electron chi connectivity index (χ2n) is 2.66. The molecule has 4 nitrogen and oxygen atoms in total. The molecule has 0 aliphatic carbocycles. The molecule has 1 aromatic heterocycles. The van der Waals surface area contributed by atoms with Gasteiger partial charge in [-0.05, 0) is 13.0 Å². The minimum atomic E-state index is -0.204. The first-order valence-corrected chi connectivity index (χ1v) is 5.20. The highest BCUT2D eigenvalue weighted by molar-refractivity contribution is 7.99. The van der Waals surface area contributed by atoms with E-state index in [1.54, 1.807) is 6.20 Å². The van der Waals surface area contributed by atoms with Gasteiger partial charge in [-0.1, -0.05) is 11.8 Å². The fraction of sp³-hybridized carbons (Fsp3) is 0.444. The molecule has 0 fully saturated rings. The number of methoxy groups -OCH3 is 1. The molecule has 0 amide bonds. The van der Waals surface area contributed by atoms with Crippen LogP contribution in [-0.4, -0.2) is 28.8 Å². The molecule has 0 bridgehead atoms. The van der Waals surface area contributed by atoms with Crippen molar-refractivity contribution in [2.45, 2.75) is 18.5 Å². The van der Waals surface area contributed by atoms with Crippen molar-refractivity contribution in [2.75, 3.05) is 12.9 Å². The second kappa shape index (κ2) is 5.59. The molecule has 0 radical (unpaired) electrons. The maximum absolute atomic E-state index is 10.8. The van der Waals surface area contributed by atoms with Crippen LogP contribution in [0, 0.1) is 6.92 Å². The third-order valence-electron chi connectivity index (χ3n) is 1.54. The number of ether oxygens (including phenoxy) is 1. The molecule has 14 heavy (non-hydrogen) atoms. The lowest BCUT2D eigenvalue weighted by molar-refractivity contribution is -0.140. The number of nitrogens with zero attached hydrogens (tertiary/aromatic N) is 2. The lowest BCUT2D eigenvalue weighted by Gasteiger charge is -1.99. The summed E-state index contributed by atoms with van der Waals surface area (Å²) in [7, 11) is 1.39. The van der Waals surface area contributed by atoms with Crippen LogP contribution in [0.4, 0.5) is 0 Å². The number of esters is 1. The molecule has 5 heteroatoms. The van der Waals surface area contributed by atoms with Crippen molar-refractivity contribution in [3.63, 3.8) is 0 Å². The van der Waals surface area contributed by atoms with Gasteiger partial charge in [-0.2, -0.15) is 0 Å². The Morgan fingerprint density at radius 1 is 1.64 bits per heavy atom. The molecule has 0 aromatic carbocycles. The van der Waals surface area contributed by atoms with E-state index in [0.717, 1.165) is 5.69 Å². The number of carbonyl (C=O) groups excluding carboxylic acids is 1. The Labute approximate surface area is 87.1 Å². The number of carbonyl (C=O) groups is 1. The molecule has 0 saturated carbocycles. The van der Waals surface area contributed by atoms with Crippen LogP contribution in [-0.2, 0) is 9.53 Å². The molecule has 1 rings (SSSR count). The summed E-state index contributed by atoms with van der Waals surface area (Å²) in [6.45, 7) is 1.91. The average Bonchev–Trinajstić information content (AvgIpc) is 2.17. The van der Waals surface area contributed by atoms with Gasteiger partial charge in [0, 0.05) is 17.6 Å². The highest BCUT2D eigenvalue weighted by atomic mass is 32.2. The van der Waals surface area contributed by atoms with E-state index in [0.29, 0.717) is 17.3 Å². The van der Waals surface area contributed by atoms with Crippen molar-refractivity contribution >= 4 is 17.7 Å². The molecule has 0 aliphatic rings. The van der Waals surface area contributed by atoms with Crippen LogP contribution >= 0.6 is 11.8 Å². The first kappa shape index (κ1) is 11.0. The summed E-state index contributed by atoms with van der Waals surface area (Å²) in [4.78, 5) is 19.1. The Hall–Kier alpha value is -1.10. The highest BCUT2D eigenvalue weighted by Gasteiger charge is 2.02. The molecular formula is C9H12N2O2S. The summed E-state index contributed by atoms with van der Waals surface area (Å²) in [6.07, 6.45) is 2.10. The monoisotopic (exact) mass is 212 g/mol. The largest absolute Gasteiger partial charge is 0.469 e. The fourth-order valence-corrected chi connectivity index (χ4v) is 1.62. The molecule has 1 heterocycles. The molecule has 0 unspecified atom stereocenters. The van der Waals surface area contributed by atoms with Gasteiger partial charge in [-0.3, -0.25) is 4.79 Å². The molecular weight excluding hydrogens is 200 g/mol. The SMILES string of the molecule is COC(=O)CCSc1nccc(C)n1. The van der Waals surface area contributed by atoms with Gasteiger partial charge in [0.2, 0.25) is 0 Å². The number of rotatable bonds is 4. The molecule has 0 aliphatic heterocycles. The van der Waals surface area contributed by atoms with Crippen LogP contribution < -0.4 is 0 Å². The van der Waals surface area contributed by atoms with E-state index in [1.807, 2.05) is 13.0 Å². The topological polar surface area (TPSA) is 52.1 Å². The minimum Gasteiger partial charge on any atom is -0.469 e. The van der Waals surface area contributed by atoms with Crippen molar-refractivity contribution in [3.8, 4) is 0 Å². The van der Waals surface area contributed by atoms with Crippen molar-refractivity contribution in [2.24, 2.45) is 0 Å². The predicted molar refractivity (Wildman–Crippen MR) is 54.1 cm³/mol. The van der Waals surface area contributed by atoms with Crippen LogP contribution in [0.5, 0.6) is 0 Å². The lowest BCUT2D eigenvalue weighted by atomic mass is 10.5. The van der Waals surface area contributed by atoms with E-state index < -0.39 is 0 Å². The van der Waals surface area contributed by atoms with Crippen molar-refractivity contribution in [1.82, 2.24) is 9.97 Å². The van der Waals surface area contributed by atoms with Crippen molar-refractivity contribution < 1.29 is 9.53 Å². The smallest absolute Gasteiger partial charge is 0.306 e. The van der Waals surface area contributed by atoms with Gasteiger partial charge in [0.15, 0.2) is 5.16 Å². The number of aryl methyl sites for hydroxylation is 1. The van der Waals surface area contributed by atoms with E-state index in [2.05, 4.69) is 14.7 Å². The summed E-state index contributed by atoms with van der Waals surface area (Å²) in [5.41, 5.74) is 0.931. The predicted octanol–water partition coefficient (Wildman–Crippen LogP) is 1.44. The van der Waals surface area contributed by atoms with Gasteiger partial charge in [0.1, 0.15) is 0 Å². The van der Waals surface area contributed by atoms with Crippen molar-refractivity contribution in [1.29, 1.82) is 0 Å². The van der Waals surface area contributed by atoms with Gasteiger partial charge in [-0.25, -0.2) is 9.97 Å². The van der Waals surface area contributed by atoms with E-state index in [-0.39, 0.29) is 5.97 Å². The van der Waals surface area contributed by atoms with E-state index in [1.165, 1.54) is 18.9 Å². The Morgan fingerprint density at radius 3 is 3.07 bits per heavy atom. The normalized spacial score (nSPS) is 9.86. The third kappa shape index (κ3) is 3.74. The van der Waals surface area contributed by atoms with Gasteiger partial charge in [0.25, 0.3) is 0 Å². The van der Waals surface area contributed by atoms with E-state index >= 15 is 0 Å². The number of aromatic nitrogens is 2. The minimum absolute atomic E-state index is 0.204. The zero-order valence-electron chi connectivity index (χ0n) is 8.19. The summed E-state index contributed by atoms with van der Waals surface area (Å²) < 4.78 is 4.52. The van der Waals surface area contributed by atoms with Crippen LogP contribution in [0.3, 0.4) is 0 Å². The first-order valence-electron chi connectivity index (χ1n) is 4.21. The Balaban J connectivity index is 2.35. The summed E-state index contributed by atoms with van der Waals surface area (Å²) in [5.74, 6) is 0.445. The quantitative estimate of drug-likeness (QED) is 0.429. The van der Waals surface area contributed by atoms with Gasteiger partial charge in [0.05, 0.1) is 13.5 Å². The molecule has 0 spiro atoms. The van der Waals surface area contributed by atoms with E-state index in [4.69, 9.17) is 0 Å². The highest BCUT2D eigenvalue weighted by Crippen LogP contribution is 2.13. The summed E-state index contributed by atoms with van der Waals surface area (Å²) in [5, 5.41) is 0.703. The maximum atomic E-state index is 10.8. The molecule has 76 valence electrons. The zero-order chi connectivity index (χ0) is 10.4. The Morgan fingerprint density at radius 2 is 2.43 bits per heavy atom. The third-order valence-corrected chi connectivity index (χ3v) is 2.40. The zero-order valence-corrected chi connectivity index (χ0v) is 9.00. The van der Waals surface area contributed by atoms with Crippen LogP contribution in [0.15, 0.2) is 17.4 Å². The number of thioether (sulfide) groups is 1. The molecule has 1 aromatic rings. The lowest BCUT2D eigenvalue weighted by Crippen LogP contribution is -2.01. The Bertz CT molecular complexity index is 317. The fourth-order valence-electron chi connectivity index (χ4n) is 0.823. The summed E-state index contributed by atoms with van der Waals surface area (Å²) in [6, 6.07) is 1.84. The molecule has 0 atom stereocenters. The van der Waals surface area contributed by atoms with Crippen LogP contribution in [0.25, 0.3) is 0 Å². The van der Waals surface area contributed by atoms with Crippen LogP contribution in [0.1, 0.15) is 12.1 Å². The summed E-state index contributed by atoms with van der Waals surface area (Å²) >= 11 is 1.46. The van der Waals surface area contributed by atoms with Crippen molar-refractivity contribution in [3.05, 3.63) is 18.0 Å². The Kier molecular flexibility index (Phi) is 4.39. The average molecular weight is 212 g/mol. The second-order valence-corrected chi connectivity index (χ2v) is 3.72. The molecule has 0 N–H and O–H groups in total. The maximum Gasteiger partial charge on any atom is 0.306 e. The molecule has 0 saturated heterocycles. The van der Waals surface area contributed by atoms with Gasteiger partial charge in [-0.15, -0.1) is 0 Å². The van der Waals surface area contributed by atoms with Gasteiger partial charge >= 0.3 is 5.97 Å². The number of hydrogen-bond acceptors (Lipinski definition) is 5. The van der Waals surface area contributed by atoms with E-state index in [9.17, 15) is 4.79 Å². The van der Waals surface area contributed by atoms with Crippen LogP contribution in [0.2, 0.25) is 0 Å². The van der Waals surface area contributed by atoms with Gasteiger partial charge < -0.3 is 4.74 Å².